The highest BCUT2D eigenvalue weighted by Crippen LogP contribution is 2.10. The Morgan fingerprint density at radius 2 is 2.29 bits per heavy atom. The lowest BCUT2D eigenvalue weighted by atomic mass is 10.3. The third-order valence-corrected chi connectivity index (χ3v) is 2.24. The summed E-state index contributed by atoms with van der Waals surface area (Å²) < 4.78 is 2.01. The van der Waals surface area contributed by atoms with Crippen molar-refractivity contribution in [3.63, 3.8) is 0 Å². The Hall–Kier alpha value is -1.42. The average Bonchev–Trinajstić information content (AvgIpc) is 2.61. The Kier molecular flexibility index (Phi) is 2.45. The van der Waals surface area contributed by atoms with Crippen LogP contribution in [0.3, 0.4) is 0 Å². The van der Waals surface area contributed by atoms with E-state index in [0.717, 1.165) is 18.0 Å². The zero-order valence-electron chi connectivity index (χ0n) is 8.44. The van der Waals surface area contributed by atoms with E-state index >= 15 is 0 Å². The van der Waals surface area contributed by atoms with Crippen LogP contribution in [0.1, 0.15) is 25.7 Å². The molecule has 0 aliphatic rings. The van der Waals surface area contributed by atoms with Gasteiger partial charge >= 0.3 is 0 Å². The zero-order valence-corrected chi connectivity index (χ0v) is 8.44. The molecule has 2 aromatic heterocycles. The van der Waals surface area contributed by atoms with E-state index in [9.17, 15) is 0 Å². The van der Waals surface area contributed by atoms with Gasteiger partial charge in [-0.3, -0.25) is 4.40 Å². The zero-order chi connectivity index (χ0) is 9.97. The van der Waals surface area contributed by atoms with Gasteiger partial charge in [0.05, 0.1) is 6.04 Å². The van der Waals surface area contributed by atoms with Gasteiger partial charge in [-0.1, -0.05) is 13.0 Å². The second-order valence-corrected chi connectivity index (χ2v) is 3.27. The standard InChI is InChI=1S/C10H14N4/c1-3-11-8(2)10-13-12-9-6-4-5-7-14(9)10/h4-8,11H,3H2,1-2H3. The van der Waals surface area contributed by atoms with E-state index in [0.29, 0.717) is 0 Å². The Morgan fingerprint density at radius 1 is 1.43 bits per heavy atom. The summed E-state index contributed by atoms with van der Waals surface area (Å²) in [5.74, 6) is 0.961. The number of nitrogens with zero attached hydrogens (tertiary/aromatic N) is 3. The van der Waals surface area contributed by atoms with Crippen molar-refractivity contribution in [3.8, 4) is 0 Å². The molecule has 0 bridgehead atoms. The van der Waals surface area contributed by atoms with E-state index in [2.05, 4.69) is 29.4 Å². The van der Waals surface area contributed by atoms with Crippen molar-refractivity contribution in [2.45, 2.75) is 19.9 Å². The maximum absolute atomic E-state index is 4.16. The molecule has 0 aromatic carbocycles. The number of hydrogen-bond donors (Lipinski definition) is 1. The first-order chi connectivity index (χ1) is 6.83. The maximum atomic E-state index is 4.16. The van der Waals surface area contributed by atoms with Crippen molar-refractivity contribution in [1.82, 2.24) is 19.9 Å². The van der Waals surface area contributed by atoms with E-state index in [4.69, 9.17) is 0 Å². The fraction of sp³-hybridized carbons (Fsp3) is 0.400. The number of hydrogen-bond acceptors (Lipinski definition) is 3. The van der Waals surface area contributed by atoms with Crippen molar-refractivity contribution in [2.24, 2.45) is 0 Å². The summed E-state index contributed by atoms with van der Waals surface area (Å²) >= 11 is 0. The van der Waals surface area contributed by atoms with Crippen LogP contribution in [0.2, 0.25) is 0 Å². The second kappa shape index (κ2) is 3.75. The van der Waals surface area contributed by atoms with Crippen LogP contribution < -0.4 is 5.32 Å². The van der Waals surface area contributed by atoms with Gasteiger partial charge in [-0.15, -0.1) is 10.2 Å². The number of fused-ring (bicyclic) bond motifs is 1. The lowest BCUT2D eigenvalue weighted by Crippen LogP contribution is -2.20. The molecule has 0 saturated heterocycles. The molecule has 0 saturated carbocycles. The van der Waals surface area contributed by atoms with Crippen molar-refractivity contribution in [1.29, 1.82) is 0 Å². The first kappa shape index (κ1) is 9.15. The summed E-state index contributed by atoms with van der Waals surface area (Å²) in [4.78, 5) is 0. The van der Waals surface area contributed by atoms with Crippen LogP contribution in [0, 0.1) is 0 Å². The van der Waals surface area contributed by atoms with Gasteiger partial charge in [0, 0.05) is 6.20 Å². The van der Waals surface area contributed by atoms with Gasteiger partial charge in [-0.25, -0.2) is 0 Å². The fourth-order valence-corrected chi connectivity index (χ4v) is 1.55. The molecule has 2 aromatic rings. The third kappa shape index (κ3) is 1.48. The summed E-state index contributed by atoms with van der Waals surface area (Å²) in [6.45, 7) is 5.11. The molecule has 0 aliphatic carbocycles. The molecule has 0 fully saturated rings. The summed E-state index contributed by atoms with van der Waals surface area (Å²) in [5.41, 5.74) is 0.896. The van der Waals surface area contributed by atoms with E-state index < -0.39 is 0 Å². The molecule has 1 unspecified atom stereocenters. The minimum Gasteiger partial charge on any atom is -0.308 e. The molecule has 0 amide bonds. The molecule has 0 spiro atoms. The van der Waals surface area contributed by atoms with Crippen LogP contribution in [-0.4, -0.2) is 21.1 Å². The monoisotopic (exact) mass is 190 g/mol. The molecule has 1 atom stereocenters. The highest BCUT2D eigenvalue weighted by atomic mass is 15.3. The van der Waals surface area contributed by atoms with Crippen LogP contribution in [0.15, 0.2) is 24.4 Å². The van der Waals surface area contributed by atoms with Crippen LogP contribution in [-0.2, 0) is 0 Å². The smallest absolute Gasteiger partial charge is 0.160 e. The van der Waals surface area contributed by atoms with E-state index in [1.54, 1.807) is 0 Å². The summed E-state index contributed by atoms with van der Waals surface area (Å²) in [7, 11) is 0. The molecule has 1 N–H and O–H groups in total. The number of aromatic nitrogens is 3. The van der Waals surface area contributed by atoms with Gasteiger partial charge in [0.25, 0.3) is 0 Å². The molecule has 74 valence electrons. The Balaban J connectivity index is 2.42. The summed E-state index contributed by atoms with van der Waals surface area (Å²) in [5, 5.41) is 11.6. The average molecular weight is 190 g/mol. The highest BCUT2D eigenvalue weighted by Gasteiger charge is 2.10. The normalized spacial score (nSPS) is 13.3. The summed E-state index contributed by atoms with van der Waals surface area (Å²) in [6, 6.07) is 6.14. The lowest BCUT2D eigenvalue weighted by molar-refractivity contribution is 0.561. The van der Waals surface area contributed by atoms with E-state index in [1.807, 2.05) is 28.8 Å². The molecular weight excluding hydrogens is 176 g/mol. The Labute approximate surface area is 83.0 Å². The number of rotatable bonds is 3. The van der Waals surface area contributed by atoms with Crippen molar-refractivity contribution >= 4 is 5.65 Å². The van der Waals surface area contributed by atoms with Crippen molar-refractivity contribution in [2.75, 3.05) is 6.54 Å². The van der Waals surface area contributed by atoms with Crippen LogP contribution in [0.25, 0.3) is 5.65 Å². The molecular formula is C10H14N4. The first-order valence-electron chi connectivity index (χ1n) is 4.86. The van der Waals surface area contributed by atoms with Crippen LogP contribution >= 0.6 is 0 Å². The molecule has 4 nitrogen and oxygen atoms in total. The van der Waals surface area contributed by atoms with Crippen LogP contribution in [0.5, 0.6) is 0 Å². The molecule has 0 radical (unpaired) electrons. The van der Waals surface area contributed by atoms with Gasteiger partial charge in [0.1, 0.15) is 0 Å². The number of nitrogens with one attached hydrogen (secondary N) is 1. The van der Waals surface area contributed by atoms with Gasteiger partial charge < -0.3 is 5.32 Å². The SMILES string of the molecule is CCNC(C)c1nnc2ccccn12. The topological polar surface area (TPSA) is 42.2 Å². The maximum Gasteiger partial charge on any atom is 0.160 e. The highest BCUT2D eigenvalue weighted by molar-refractivity contribution is 5.37. The number of pyridine rings is 1. The van der Waals surface area contributed by atoms with Gasteiger partial charge in [0.15, 0.2) is 11.5 Å². The molecule has 14 heavy (non-hydrogen) atoms. The predicted octanol–water partition coefficient (Wildman–Crippen LogP) is 1.40. The van der Waals surface area contributed by atoms with Crippen LogP contribution in [0.4, 0.5) is 0 Å². The minimum absolute atomic E-state index is 0.234. The van der Waals surface area contributed by atoms with Gasteiger partial charge in [0.2, 0.25) is 0 Å². The first-order valence-corrected chi connectivity index (χ1v) is 4.86. The van der Waals surface area contributed by atoms with E-state index in [-0.39, 0.29) is 6.04 Å². The summed E-state index contributed by atoms with van der Waals surface area (Å²) in [6.07, 6.45) is 1.98. The van der Waals surface area contributed by atoms with Gasteiger partial charge in [-0.05, 0) is 25.6 Å². The molecule has 2 rings (SSSR count). The molecule has 2 heterocycles. The third-order valence-electron chi connectivity index (χ3n) is 2.24. The minimum atomic E-state index is 0.234. The Bertz CT molecular complexity index is 421. The van der Waals surface area contributed by atoms with E-state index in [1.165, 1.54) is 0 Å². The predicted molar refractivity (Wildman–Crippen MR) is 55.1 cm³/mol. The molecule has 0 aliphatic heterocycles. The fourth-order valence-electron chi connectivity index (χ4n) is 1.55. The van der Waals surface area contributed by atoms with Crippen molar-refractivity contribution in [3.05, 3.63) is 30.2 Å². The second-order valence-electron chi connectivity index (χ2n) is 3.27. The largest absolute Gasteiger partial charge is 0.308 e. The Morgan fingerprint density at radius 3 is 3.07 bits per heavy atom. The molecule has 4 heteroatoms. The van der Waals surface area contributed by atoms with Gasteiger partial charge in [-0.2, -0.15) is 0 Å². The lowest BCUT2D eigenvalue weighted by Gasteiger charge is -2.09. The quantitative estimate of drug-likeness (QED) is 0.795. The van der Waals surface area contributed by atoms with Crippen molar-refractivity contribution < 1.29 is 0 Å².